The molecule has 19 heavy (non-hydrogen) atoms. The first-order chi connectivity index (χ1) is 9.20. The van der Waals surface area contributed by atoms with Crippen molar-refractivity contribution in [3.8, 4) is 0 Å². The molecule has 5 heteroatoms. The zero-order chi connectivity index (χ0) is 13.4. The normalized spacial score (nSPS) is 26.9. The van der Waals surface area contributed by atoms with E-state index in [4.69, 9.17) is 9.84 Å². The van der Waals surface area contributed by atoms with Crippen molar-refractivity contribution in [2.45, 2.75) is 24.9 Å². The standard InChI is InChI=1S/C14H15NO4/c16-8-12-11(18)7-13(19-12)15-6-5-9-3-1-2-4-10(17)14(9)15/h1-6,11-13,16,18H,7-8H2/t11-,12+,13+/m0/s1. The fourth-order valence-electron chi connectivity index (χ4n) is 2.54. The molecule has 2 aromatic rings. The largest absolute Gasteiger partial charge is 0.394 e. The van der Waals surface area contributed by atoms with Gasteiger partial charge in [0.1, 0.15) is 12.3 Å². The summed E-state index contributed by atoms with van der Waals surface area (Å²) in [5, 5.41) is 19.7. The predicted octanol–water partition coefficient (Wildman–Crippen LogP) is 0.642. The average molecular weight is 261 g/mol. The zero-order valence-electron chi connectivity index (χ0n) is 10.3. The highest BCUT2D eigenvalue weighted by molar-refractivity contribution is 5.79. The van der Waals surface area contributed by atoms with Crippen LogP contribution in [0.2, 0.25) is 0 Å². The van der Waals surface area contributed by atoms with Gasteiger partial charge in [0.25, 0.3) is 0 Å². The van der Waals surface area contributed by atoms with Gasteiger partial charge in [0.2, 0.25) is 5.43 Å². The van der Waals surface area contributed by atoms with E-state index in [9.17, 15) is 9.90 Å². The first-order valence-electron chi connectivity index (χ1n) is 6.25. The number of aliphatic hydroxyl groups is 2. The highest BCUT2D eigenvalue weighted by Gasteiger charge is 2.34. The summed E-state index contributed by atoms with van der Waals surface area (Å²) in [6.07, 6.45) is 0.436. The molecule has 1 aliphatic rings. The molecule has 1 saturated heterocycles. The van der Waals surface area contributed by atoms with Crippen molar-refractivity contribution in [1.29, 1.82) is 0 Å². The maximum absolute atomic E-state index is 12.1. The number of hydrogen-bond donors (Lipinski definition) is 2. The van der Waals surface area contributed by atoms with Crippen LogP contribution >= 0.6 is 0 Å². The number of aromatic nitrogens is 1. The molecule has 5 nitrogen and oxygen atoms in total. The number of hydrogen-bond acceptors (Lipinski definition) is 4. The molecular formula is C14H15NO4. The summed E-state index contributed by atoms with van der Waals surface area (Å²) < 4.78 is 7.32. The van der Waals surface area contributed by atoms with Crippen LogP contribution in [0.3, 0.4) is 0 Å². The van der Waals surface area contributed by atoms with Crippen LogP contribution < -0.4 is 5.43 Å². The average Bonchev–Trinajstić information content (AvgIpc) is 2.93. The van der Waals surface area contributed by atoms with Crippen molar-refractivity contribution < 1.29 is 14.9 Å². The van der Waals surface area contributed by atoms with Gasteiger partial charge in [-0.25, -0.2) is 0 Å². The Morgan fingerprint density at radius 3 is 2.84 bits per heavy atom. The summed E-state index contributed by atoms with van der Waals surface area (Å²) in [5.74, 6) is 0. The van der Waals surface area contributed by atoms with Gasteiger partial charge in [-0.2, -0.15) is 0 Å². The Labute approximate surface area is 109 Å². The van der Waals surface area contributed by atoms with E-state index in [1.807, 2.05) is 18.2 Å². The van der Waals surface area contributed by atoms with E-state index < -0.39 is 18.4 Å². The molecule has 0 unspecified atom stereocenters. The van der Waals surface area contributed by atoms with Crippen LogP contribution in [0.5, 0.6) is 0 Å². The Balaban J connectivity index is 2.08. The summed E-state index contributed by atoms with van der Waals surface area (Å²) in [5.41, 5.74) is 0.469. The van der Waals surface area contributed by atoms with Crippen LogP contribution in [0, 0.1) is 0 Å². The molecule has 3 atom stereocenters. The van der Waals surface area contributed by atoms with Gasteiger partial charge in [0, 0.05) is 18.0 Å². The molecule has 2 N–H and O–H groups in total. The van der Waals surface area contributed by atoms with Gasteiger partial charge in [-0.1, -0.05) is 18.2 Å². The molecule has 1 aromatic heterocycles. The fraction of sp³-hybridized carbons (Fsp3) is 0.357. The highest BCUT2D eigenvalue weighted by atomic mass is 16.5. The maximum Gasteiger partial charge on any atom is 0.202 e. The minimum Gasteiger partial charge on any atom is -0.394 e. The molecule has 1 aliphatic heterocycles. The number of rotatable bonds is 2. The molecule has 1 aromatic carbocycles. The van der Waals surface area contributed by atoms with E-state index in [1.165, 1.54) is 6.07 Å². The van der Waals surface area contributed by atoms with Gasteiger partial charge in [-0.3, -0.25) is 4.79 Å². The summed E-state index contributed by atoms with van der Waals surface area (Å²) >= 11 is 0. The Bertz CT molecular complexity index is 651. The first-order valence-corrected chi connectivity index (χ1v) is 6.25. The summed E-state index contributed by atoms with van der Waals surface area (Å²) in [6.45, 7) is -0.227. The molecule has 3 rings (SSSR count). The van der Waals surface area contributed by atoms with E-state index in [-0.39, 0.29) is 12.0 Å². The predicted molar refractivity (Wildman–Crippen MR) is 69.8 cm³/mol. The number of nitrogens with zero attached hydrogens (tertiary/aromatic N) is 1. The summed E-state index contributed by atoms with van der Waals surface area (Å²) in [4.78, 5) is 12.1. The Morgan fingerprint density at radius 1 is 1.32 bits per heavy atom. The zero-order valence-corrected chi connectivity index (χ0v) is 10.3. The van der Waals surface area contributed by atoms with Crippen LogP contribution in [0.25, 0.3) is 10.9 Å². The number of aliphatic hydroxyl groups excluding tert-OH is 2. The van der Waals surface area contributed by atoms with E-state index >= 15 is 0 Å². The number of ether oxygens (including phenoxy) is 1. The van der Waals surface area contributed by atoms with Crippen LogP contribution in [-0.2, 0) is 4.74 Å². The minimum absolute atomic E-state index is 0.0875. The Hall–Kier alpha value is -1.69. The van der Waals surface area contributed by atoms with Crippen LogP contribution in [0.15, 0.2) is 41.3 Å². The lowest BCUT2D eigenvalue weighted by Gasteiger charge is -2.14. The summed E-state index contributed by atoms with van der Waals surface area (Å²) in [7, 11) is 0. The van der Waals surface area contributed by atoms with Crippen molar-refractivity contribution in [2.24, 2.45) is 0 Å². The van der Waals surface area contributed by atoms with Gasteiger partial charge in [-0.05, 0) is 12.1 Å². The fourth-order valence-corrected chi connectivity index (χ4v) is 2.54. The van der Waals surface area contributed by atoms with Crippen molar-refractivity contribution in [1.82, 2.24) is 4.57 Å². The van der Waals surface area contributed by atoms with Gasteiger partial charge < -0.3 is 19.5 Å². The second-order valence-electron chi connectivity index (χ2n) is 4.72. The molecule has 1 fully saturated rings. The molecule has 2 heterocycles. The SMILES string of the molecule is O=c1ccccc2ccn([C@H]3C[C@H](O)[C@@H](CO)O3)c12. The minimum atomic E-state index is -0.708. The quantitative estimate of drug-likeness (QED) is 0.832. The third-order valence-electron chi connectivity index (χ3n) is 3.51. The molecule has 0 amide bonds. The van der Waals surface area contributed by atoms with Gasteiger partial charge in [0.15, 0.2) is 0 Å². The molecular weight excluding hydrogens is 246 g/mol. The molecule has 100 valence electrons. The topological polar surface area (TPSA) is 71.7 Å². The van der Waals surface area contributed by atoms with E-state index in [2.05, 4.69) is 0 Å². The second kappa shape index (κ2) is 4.77. The van der Waals surface area contributed by atoms with Gasteiger partial charge >= 0.3 is 0 Å². The van der Waals surface area contributed by atoms with Crippen molar-refractivity contribution in [3.05, 3.63) is 46.8 Å². The Morgan fingerprint density at radius 2 is 2.11 bits per heavy atom. The van der Waals surface area contributed by atoms with Crippen molar-refractivity contribution >= 4 is 10.9 Å². The van der Waals surface area contributed by atoms with Crippen molar-refractivity contribution in [2.75, 3.05) is 6.61 Å². The van der Waals surface area contributed by atoms with Crippen LogP contribution in [0.1, 0.15) is 12.6 Å². The molecule has 0 saturated carbocycles. The molecule has 0 radical (unpaired) electrons. The van der Waals surface area contributed by atoms with E-state index in [0.29, 0.717) is 11.9 Å². The van der Waals surface area contributed by atoms with Gasteiger partial charge in [0.05, 0.1) is 18.2 Å². The molecule has 0 spiro atoms. The first kappa shape index (κ1) is 12.3. The lowest BCUT2D eigenvalue weighted by atomic mass is 10.2. The molecule has 0 aliphatic carbocycles. The van der Waals surface area contributed by atoms with E-state index in [1.54, 1.807) is 16.8 Å². The lowest BCUT2D eigenvalue weighted by molar-refractivity contribution is -0.0429. The Kier molecular flexibility index (Phi) is 3.10. The second-order valence-corrected chi connectivity index (χ2v) is 4.72. The van der Waals surface area contributed by atoms with E-state index in [0.717, 1.165) is 5.39 Å². The van der Waals surface area contributed by atoms with Crippen LogP contribution in [0.4, 0.5) is 0 Å². The third-order valence-corrected chi connectivity index (χ3v) is 3.51. The highest BCUT2D eigenvalue weighted by Crippen LogP contribution is 2.30. The van der Waals surface area contributed by atoms with Crippen LogP contribution in [-0.4, -0.2) is 33.6 Å². The smallest absolute Gasteiger partial charge is 0.202 e. The monoisotopic (exact) mass is 261 g/mol. The van der Waals surface area contributed by atoms with Gasteiger partial charge in [-0.15, -0.1) is 0 Å². The van der Waals surface area contributed by atoms with Crippen molar-refractivity contribution in [3.63, 3.8) is 0 Å². The maximum atomic E-state index is 12.1. The number of fused-ring (bicyclic) bond motifs is 1. The third kappa shape index (κ3) is 2.06. The lowest BCUT2D eigenvalue weighted by Crippen LogP contribution is -2.24. The summed E-state index contributed by atoms with van der Waals surface area (Å²) in [6, 6.07) is 8.73. The molecule has 0 bridgehead atoms.